The van der Waals surface area contributed by atoms with E-state index in [2.05, 4.69) is 13.8 Å². The molecule has 2 aromatic carbocycles. The molecule has 6 nitrogen and oxygen atoms in total. The Morgan fingerprint density at radius 2 is 0.700 bits per heavy atom. The van der Waals surface area contributed by atoms with E-state index in [0.717, 1.165) is 38.5 Å². The topological polar surface area (TPSA) is 101 Å². The first-order valence-corrected chi connectivity index (χ1v) is 19.9. The van der Waals surface area contributed by atoms with Gasteiger partial charge in [-0.1, -0.05) is 167 Å². The molecule has 2 aromatic heterocycles. The van der Waals surface area contributed by atoms with Crippen molar-refractivity contribution in [3.63, 3.8) is 0 Å². The van der Waals surface area contributed by atoms with Gasteiger partial charge in [0.2, 0.25) is 0 Å². The van der Waals surface area contributed by atoms with Crippen LogP contribution in [0.3, 0.4) is 0 Å². The van der Waals surface area contributed by atoms with Crippen LogP contribution in [0.5, 0.6) is 11.5 Å². The fourth-order valence-corrected chi connectivity index (χ4v) is 6.72. The molecule has 4 aromatic rings. The normalized spacial score (nSPS) is 11.2. The highest BCUT2D eigenvalue weighted by molar-refractivity contribution is 5.84. The molecular formula is C44H64O6. The molecule has 0 bridgehead atoms. The zero-order chi connectivity index (χ0) is 35.8. The molecule has 2 N–H and O–H groups in total. The highest BCUT2D eigenvalue weighted by Crippen LogP contribution is 2.28. The number of fused-ring (bicyclic) bond motifs is 2. The molecule has 2 heterocycles. The Morgan fingerprint density at radius 1 is 0.420 bits per heavy atom. The second-order valence-corrected chi connectivity index (χ2v) is 14.0. The van der Waals surface area contributed by atoms with Crippen LogP contribution in [-0.2, 0) is 12.8 Å². The molecular weight excluding hydrogens is 624 g/mol. The van der Waals surface area contributed by atoms with Gasteiger partial charge in [-0.05, 0) is 49.9 Å². The second kappa shape index (κ2) is 24.6. The Kier molecular flexibility index (Phi) is 20.1. The summed E-state index contributed by atoms with van der Waals surface area (Å²) in [4.78, 5) is 23.9. The number of hydrogen-bond donors (Lipinski definition) is 2. The molecule has 0 spiro atoms. The average Bonchev–Trinajstić information content (AvgIpc) is 3.12. The zero-order valence-electron chi connectivity index (χ0n) is 31.1. The van der Waals surface area contributed by atoms with Crippen molar-refractivity contribution in [1.82, 2.24) is 0 Å². The first kappa shape index (κ1) is 40.9. The summed E-state index contributed by atoms with van der Waals surface area (Å²) in [6.45, 7) is 4.42. The number of hydrogen-bond acceptors (Lipinski definition) is 6. The first-order valence-electron chi connectivity index (χ1n) is 19.9. The lowest BCUT2D eigenvalue weighted by Crippen LogP contribution is -2.07. The molecule has 4 rings (SSSR count). The maximum Gasteiger partial charge on any atom is 0.343 e. The van der Waals surface area contributed by atoms with E-state index in [4.69, 9.17) is 8.83 Å². The van der Waals surface area contributed by atoms with Crippen molar-refractivity contribution in [2.75, 3.05) is 0 Å². The molecule has 0 saturated heterocycles. The molecule has 0 aliphatic rings. The van der Waals surface area contributed by atoms with Gasteiger partial charge < -0.3 is 19.0 Å². The SMILES string of the molecule is CCCCCCCCCCCCCCCCCCCCc1c(O)c2ccccc2oc1=O.CCCCCCc1c(O)c2ccccc2oc1=O. The van der Waals surface area contributed by atoms with E-state index in [1.807, 2.05) is 18.2 Å². The standard InChI is InChI=1S/C29H46O3.C15H18O3/c1-2-3-4-5-6-7-8-9-10-11-12-13-14-15-16-17-18-19-23-26-28(30)25-22-20-21-24-27(25)32-29(26)31;1-2-3-4-5-9-12-14(16)11-8-6-7-10-13(11)18-15(12)17/h20-22,24,30H,2-19,23H2,1H3;6-8,10,16H,2-5,9H2,1H3. The summed E-state index contributed by atoms with van der Waals surface area (Å²) in [6.07, 6.45) is 29.6. The molecule has 0 aliphatic carbocycles. The van der Waals surface area contributed by atoms with Crippen LogP contribution < -0.4 is 11.3 Å². The number of benzene rings is 2. The van der Waals surface area contributed by atoms with Gasteiger partial charge in [0.25, 0.3) is 0 Å². The summed E-state index contributed by atoms with van der Waals surface area (Å²) < 4.78 is 10.6. The Balaban J connectivity index is 0.000000316. The van der Waals surface area contributed by atoms with Crippen molar-refractivity contribution in [2.24, 2.45) is 0 Å². The van der Waals surface area contributed by atoms with Crippen LogP contribution in [-0.4, -0.2) is 10.2 Å². The van der Waals surface area contributed by atoms with Crippen LogP contribution in [0.1, 0.15) is 166 Å². The van der Waals surface area contributed by atoms with Crippen molar-refractivity contribution < 1.29 is 19.0 Å². The molecule has 0 saturated carbocycles. The average molecular weight is 689 g/mol. The monoisotopic (exact) mass is 688 g/mol. The van der Waals surface area contributed by atoms with Crippen LogP contribution in [0.25, 0.3) is 21.9 Å². The summed E-state index contributed by atoms with van der Waals surface area (Å²) in [5.41, 5.74) is 0.926. The third-order valence-electron chi connectivity index (χ3n) is 9.81. The lowest BCUT2D eigenvalue weighted by molar-refractivity contribution is 0.453. The summed E-state index contributed by atoms with van der Waals surface area (Å²) in [5.74, 6) is 0.183. The highest BCUT2D eigenvalue weighted by Gasteiger charge is 2.14. The van der Waals surface area contributed by atoms with Gasteiger partial charge in [0.1, 0.15) is 22.7 Å². The van der Waals surface area contributed by atoms with Crippen LogP contribution in [0, 0.1) is 0 Å². The maximum atomic E-state index is 12.1. The van der Waals surface area contributed by atoms with Crippen molar-refractivity contribution in [3.8, 4) is 11.5 Å². The fraction of sp³-hybridized carbons (Fsp3) is 0.591. The number of rotatable bonds is 24. The maximum absolute atomic E-state index is 12.1. The predicted molar refractivity (Wildman–Crippen MR) is 209 cm³/mol. The van der Waals surface area contributed by atoms with E-state index in [1.165, 1.54) is 103 Å². The largest absolute Gasteiger partial charge is 0.507 e. The van der Waals surface area contributed by atoms with E-state index in [9.17, 15) is 19.8 Å². The Bertz CT molecular complexity index is 1620. The van der Waals surface area contributed by atoms with Crippen molar-refractivity contribution in [1.29, 1.82) is 0 Å². The van der Waals surface area contributed by atoms with E-state index < -0.39 is 11.3 Å². The summed E-state index contributed by atoms with van der Waals surface area (Å²) in [5, 5.41) is 21.8. The van der Waals surface area contributed by atoms with Crippen molar-refractivity contribution >= 4 is 21.9 Å². The zero-order valence-corrected chi connectivity index (χ0v) is 31.1. The number of aromatic hydroxyl groups is 2. The summed E-state index contributed by atoms with van der Waals surface area (Å²) >= 11 is 0. The minimum Gasteiger partial charge on any atom is -0.507 e. The summed E-state index contributed by atoms with van der Waals surface area (Å²) in [7, 11) is 0. The van der Waals surface area contributed by atoms with E-state index >= 15 is 0 Å². The molecule has 276 valence electrons. The molecule has 0 fully saturated rings. The van der Waals surface area contributed by atoms with Gasteiger partial charge in [-0.15, -0.1) is 0 Å². The van der Waals surface area contributed by atoms with E-state index in [0.29, 0.717) is 45.9 Å². The van der Waals surface area contributed by atoms with Gasteiger partial charge in [0, 0.05) is 0 Å². The van der Waals surface area contributed by atoms with Gasteiger partial charge in [-0.2, -0.15) is 0 Å². The van der Waals surface area contributed by atoms with Gasteiger partial charge in [-0.3, -0.25) is 0 Å². The molecule has 0 unspecified atom stereocenters. The van der Waals surface area contributed by atoms with Crippen LogP contribution in [0.4, 0.5) is 0 Å². The molecule has 0 aliphatic heterocycles. The Labute approximate surface area is 300 Å². The second-order valence-electron chi connectivity index (χ2n) is 14.0. The first-order chi connectivity index (χ1) is 24.5. The Hall–Kier alpha value is -3.54. The molecule has 6 heteroatoms. The third-order valence-corrected chi connectivity index (χ3v) is 9.81. The fourth-order valence-electron chi connectivity index (χ4n) is 6.72. The van der Waals surface area contributed by atoms with Crippen LogP contribution >= 0.6 is 0 Å². The van der Waals surface area contributed by atoms with Gasteiger partial charge >= 0.3 is 11.3 Å². The van der Waals surface area contributed by atoms with Gasteiger partial charge in [0.15, 0.2) is 0 Å². The minimum atomic E-state index is -0.414. The van der Waals surface area contributed by atoms with Crippen LogP contribution in [0.2, 0.25) is 0 Å². The quantitative estimate of drug-likeness (QED) is 0.0561. The smallest absolute Gasteiger partial charge is 0.343 e. The van der Waals surface area contributed by atoms with Gasteiger partial charge in [-0.25, -0.2) is 9.59 Å². The van der Waals surface area contributed by atoms with E-state index in [1.54, 1.807) is 30.3 Å². The molecule has 0 atom stereocenters. The van der Waals surface area contributed by atoms with E-state index in [-0.39, 0.29) is 11.5 Å². The van der Waals surface area contributed by atoms with Gasteiger partial charge in [0.05, 0.1) is 21.9 Å². The third kappa shape index (κ3) is 14.4. The summed E-state index contributed by atoms with van der Waals surface area (Å²) in [6, 6.07) is 14.2. The van der Waals surface area contributed by atoms with Crippen LogP contribution in [0.15, 0.2) is 67.0 Å². The van der Waals surface area contributed by atoms with Crippen molar-refractivity contribution in [3.05, 3.63) is 80.5 Å². The lowest BCUT2D eigenvalue weighted by Gasteiger charge is -2.06. The highest BCUT2D eigenvalue weighted by atomic mass is 16.4. The predicted octanol–water partition coefficient (Wildman–Crippen LogP) is 12.7. The lowest BCUT2D eigenvalue weighted by atomic mass is 10.0. The molecule has 0 radical (unpaired) electrons. The molecule has 50 heavy (non-hydrogen) atoms. The molecule has 0 amide bonds. The number of para-hydroxylation sites is 2. The Morgan fingerprint density at radius 3 is 1.04 bits per heavy atom. The minimum absolute atomic E-state index is 0.0818. The number of unbranched alkanes of at least 4 members (excludes halogenated alkanes) is 20. The van der Waals surface area contributed by atoms with Crippen molar-refractivity contribution in [2.45, 2.75) is 168 Å².